The number of hydrogen-bond donors (Lipinski definition) is 3. The van der Waals surface area contributed by atoms with Gasteiger partial charge in [-0.05, 0) is 20.0 Å². The van der Waals surface area contributed by atoms with Crippen molar-refractivity contribution in [3.05, 3.63) is 29.7 Å². The molecule has 9 heteroatoms. The van der Waals surface area contributed by atoms with E-state index in [1.165, 1.54) is 6.20 Å². The number of aromatic nitrogens is 3. The van der Waals surface area contributed by atoms with E-state index in [1.54, 1.807) is 20.0 Å². The maximum Gasteiger partial charge on any atom is 0.242 e. The van der Waals surface area contributed by atoms with E-state index in [9.17, 15) is 8.42 Å². The molecule has 110 valence electrons. The highest BCUT2D eigenvalue weighted by molar-refractivity contribution is 7.89. The number of sulfonamides is 1. The Bertz CT molecular complexity index is 661. The molecule has 0 radical (unpaired) electrons. The number of hydrogen-bond acceptors (Lipinski definition) is 6. The number of nitrogens with zero attached hydrogens (tertiary/aromatic N) is 2. The van der Waals surface area contributed by atoms with Gasteiger partial charge in [-0.1, -0.05) is 5.16 Å². The molecule has 0 aromatic carbocycles. The van der Waals surface area contributed by atoms with E-state index in [1.807, 2.05) is 0 Å². The summed E-state index contributed by atoms with van der Waals surface area (Å²) >= 11 is 0. The Hall–Kier alpha value is -1.71. The number of H-pyrrole nitrogens is 1. The van der Waals surface area contributed by atoms with Crippen LogP contribution in [0.5, 0.6) is 0 Å². The Balaban J connectivity index is 1.92. The summed E-state index contributed by atoms with van der Waals surface area (Å²) in [5.41, 5.74) is 0.806. The van der Waals surface area contributed by atoms with Gasteiger partial charge in [-0.2, -0.15) is 4.98 Å². The number of nitrogens with one attached hydrogen (secondary N) is 3. The summed E-state index contributed by atoms with van der Waals surface area (Å²) in [7, 11) is -1.73. The average molecular weight is 299 g/mol. The summed E-state index contributed by atoms with van der Waals surface area (Å²) in [6.07, 6.45) is 1.82. The first-order valence-corrected chi connectivity index (χ1v) is 7.60. The maximum absolute atomic E-state index is 12.0. The molecule has 0 spiro atoms. The lowest BCUT2D eigenvalue weighted by Gasteiger charge is -2.02. The summed E-state index contributed by atoms with van der Waals surface area (Å²) in [4.78, 5) is 7.12. The van der Waals surface area contributed by atoms with Gasteiger partial charge in [0.15, 0.2) is 5.82 Å². The zero-order valence-electron chi connectivity index (χ0n) is 11.3. The fourth-order valence-corrected chi connectivity index (χ4v) is 2.73. The van der Waals surface area contributed by atoms with Crippen LogP contribution in [-0.4, -0.2) is 37.1 Å². The zero-order valence-corrected chi connectivity index (χ0v) is 12.1. The topological polar surface area (TPSA) is 113 Å². The van der Waals surface area contributed by atoms with E-state index >= 15 is 0 Å². The van der Waals surface area contributed by atoms with E-state index in [4.69, 9.17) is 4.52 Å². The first kappa shape index (κ1) is 14.7. The Morgan fingerprint density at radius 3 is 2.90 bits per heavy atom. The van der Waals surface area contributed by atoms with Crippen LogP contribution in [-0.2, 0) is 23.0 Å². The van der Waals surface area contributed by atoms with Crippen molar-refractivity contribution in [2.24, 2.45) is 0 Å². The molecule has 0 aliphatic heterocycles. The second kappa shape index (κ2) is 6.16. The fourth-order valence-electron chi connectivity index (χ4n) is 1.68. The van der Waals surface area contributed by atoms with Crippen LogP contribution in [0.25, 0.3) is 0 Å². The van der Waals surface area contributed by atoms with Crippen molar-refractivity contribution in [3.63, 3.8) is 0 Å². The molecule has 20 heavy (non-hydrogen) atoms. The standard InChI is InChI=1S/C11H17N5O3S/c1-8-15-11(19-16-8)3-4-14-20(17,18)10-5-9(6-12-2)13-7-10/h5,7,12-14H,3-4,6H2,1-2H3. The van der Waals surface area contributed by atoms with Gasteiger partial charge in [-0.3, -0.25) is 0 Å². The van der Waals surface area contributed by atoms with Gasteiger partial charge in [0, 0.05) is 31.4 Å². The van der Waals surface area contributed by atoms with Gasteiger partial charge >= 0.3 is 0 Å². The molecule has 0 aliphatic carbocycles. The molecular formula is C11H17N5O3S. The molecule has 3 N–H and O–H groups in total. The minimum atomic E-state index is -3.52. The van der Waals surface area contributed by atoms with Crippen molar-refractivity contribution in [3.8, 4) is 0 Å². The van der Waals surface area contributed by atoms with E-state index < -0.39 is 10.0 Å². The molecule has 0 fully saturated rings. The van der Waals surface area contributed by atoms with Crippen molar-refractivity contribution < 1.29 is 12.9 Å². The van der Waals surface area contributed by atoms with E-state index in [0.29, 0.717) is 24.7 Å². The van der Waals surface area contributed by atoms with Crippen molar-refractivity contribution >= 4 is 10.0 Å². The molecule has 0 amide bonds. The summed E-state index contributed by atoms with van der Waals surface area (Å²) in [6.45, 7) is 2.49. The molecule has 0 atom stereocenters. The van der Waals surface area contributed by atoms with E-state index in [-0.39, 0.29) is 11.4 Å². The Morgan fingerprint density at radius 1 is 1.45 bits per heavy atom. The van der Waals surface area contributed by atoms with Crippen LogP contribution >= 0.6 is 0 Å². The summed E-state index contributed by atoms with van der Waals surface area (Å²) in [5, 5.41) is 6.58. The van der Waals surface area contributed by atoms with Crippen LogP contribution in [0, 0.1) is 6.92 Å². The lowest BCUT2D eigenvalue weighted by Crippen LogP contribution is -2.25. The van der Waals surface area contributed by atoms with Crippen molar-refractivity contribution in [1.82, 2.24) is 25.2 Å². The molecule has 2 aromatic heterocycles. The van der Waals surface area contributed by atoms with Gasteiger partial charge in [-0.25, -0.2) is 13.1 Å². The molecule has 2 aromatic rings. The second-order valence-corrected chi connectivity index (χ2v) is 6.04. The van der Waals surface area contributed by atoms with Crippen molar-refractivity contribution in [2.45, 2.75) is 24.8 Å². The number of aryl methyl sites for hydroxylation is 1. The molecule has 0 unspecified atom stereocenters. The van der Waals surface area contributed by atoms with Gasteiger partial charge < -0.3 is 14.8 Å². The van der Waals surface area contributed by atoms with Crippen LogP contribution in [0.15, 0.2) is 21.7 Å². The van der Waals surface area contributed by atoms with Crippen LogP contribution < -0.4 is 10.0 Å². The predicted octanol–water partition coefficient (Wildman–Crippen LogP) is -0.0535. The maximum atomic E-state index is 12.0. The Morgan fingerprint density at radius 2 is 2.25 bits per heavy atom. The van der Waals surface area contributed by atoms with Gasteiger partial charge in [0.2, 0.25) is 15.9 Å². The Kier molecular flexibility index (Phi) is 4.53. The Labute approximate surface area is 117 Å². The molecule has 0 saturated carbocycles. The van der Waals surface area contributed by atoms with Crippen LogP contribution in [0.4, 0.5) is 0 Å². The second-order valence-electron chi connectivity index (χ2n) is 4.27. The van der Waals surface area contributed by atoms with Crippen molar-refractivity contribution in [1.29, 1.82) is 0 Å². The first-order valence-electron chi connectivity index (χ1n) is 6.12. The normalized spacial score (nSPS) is 11.9. The van der Waals surface area contributed by atoms with Crippen LogP contribution in [0.2, 0.25) is 0 Å². The summed E-state index contributed by atoms with van der Waals surface area (Å²) < 4.78 is 31.5. The third-order valence-electron chi connectivity index (χ3n) is 2.59. The minimum Gasteiger partial charge on any atom is -0.363 e. The lowest BCUT2D eigenvalue weighted by atomic mass is 10.4. The quantitative estimate of drug-likeness (QED) is 0.660. The third kappa shape index (κ3) is 3.65. The average Bonchev–Trinajstić information content (AvgIpc) is 2.99. The molecule has 0 bridgehead atoms. The predicted molar refractivity (Wildman–Crippen MR) is 71.5 cm³/mol. The number of rotatable bonds is 7. The highest BCUT2D eigenvalue weighted by atomic mass is 32.2. The van der Waals surface area contributed by atoms with Crippen LogP contribution in [0.3, 0.4) is 0 Å². The summed E-state index contributed by atoms with van der Waals surface area (Å²) in [5.74, 6) is 0.945. The monoisotopic (exact) mass is 299 g/mol. The first-order chi connectivity index (χ1) is 9.51. The largest absolute Gasteiger partial charge is 0.363 e. The minimum absolute atomic E-state index is 0.205. The molecule has 0 aliphatic rings. The van der Waals surface area contributed by atoms with Crippen LogP contribution in [0.1, 0.15) is 17.4 Å². The lowest BCUT2D eigenvalue weighted by molar-refractivity contribution is 0.375. The third-order valence-corrected chi connectivity index (χ3v) is 4.03. The highest BCUT2D eigenvalue weighted by Crippen LogP contribution is 2.10. The van der Waals surface area contributed by atoms with Gasteiger partial charge in [0.1, 0.15) is 0 Å². The van der Waals surface area contributed by atoms with E-state index in [0.717, 1.165) is 5.69 Å². The summed E-state index contributed by atoms with van der Waals surface area (Å²) in [6, 6.07) is 1.59. The number of aromatic amines is 1. The van der Waals surface area contributed by atoms with Gasteiger partial charge in [-0.15, -0.1) is 0 Å². The van der Waals surface area contributed by atoms with Gasteiger partial charge in [0.25, 0.3) is 0 Å². The molecule has 0 saturated heterocycles. The smallest absolute Gasteiger partial charge is 0.242 e. The van der Waals surface area contributed by atoms with Crippen molar-refractivity contribution in [2.75, 3.05) is 13.6 Å². The highest BCUT2D eigenvalue weighted by Gasteiger charge is 2.16. The van der Waals surface area contributed by atoms with E-state index in [2.05, 4.69) is 25.2 Å². The molecule has 2 rings (SSSR count). The molecular weight excluding hydrogens is 282 g/mol. The SMILES string of the molecule is CNCc1cc(S(=O)(=O)NCCc2nc(C)no2)c[nH]1. The molecule has 2 heterocycles. The fraction of sp³-hybridized carbons (Fsp3) is 0.455. The zero-order chi connectivity index (χ0) is 14.6. The molecule has 8 nitrogen and oxygen atoms in total. The van der Waals surface area contributed by atoms with Gasteiger partial charge in [0.05, 0.1) is 4.90 Å².